The Labute approximate surface area is 280 Å². The first-order valence-electron chi connectivity index (χ1n) is 15.4. The molecular formula is C31H39N3O13S. The van der Waals surface area contributed by atoms with Gasteiger partial charge in [-0.2, -0.15) is 0 Å². The number of carbonyl (C=O) groups excluding carboxylic acids is 6. The van der Waals surface area contributed by atoms with Gasteiger partial charge in [0.15, 0.2) is 0 Å². The standard InChI is InChI=1S/C31H39N3O13S/c35-15-22-13-24(37)29(41)31(46-22)47-25-11-19(4-5-20(25)16-45-18-36)3-1-2-8-32-26(38)14-33-21(17-44-9-10-48-43)12-23(30(33)42)34-27(39)6-7-28(34)40/h4-7,11,15,18,21-24,29,31,37,41,43H,1-3,8-10,12-14,16-17H2,(H,32,38)/t21-,22?,23-,24?,29+,31?/m0/s1. The lowest BCUT2D eigenvalue weighted by molar-refractivity contribution is -0.228. The highest BCUT2D eigenvalue weighted by atomic mass is 32.2. The van der Waals surface area contributed by atoms with Crippen LogP contribution in [0.15, 0.2) is 30.4 Å². The average Bonchev–Trinajstić information content (AvgIpc) is 3.56. The van der Waals surface area contributed by atoms with E-state index in [2.05, 4.69) is 5.32 Å². The molecule has 0 spiro atoms. The van der Waals surface area contributed by atoms with Crippen LogP contribution >= 0.6 is 12.0 Å². The largest absolute Gasteiger partial charge is 0.463 e. The zero-order chi connectivity index (χ0) is 34.6. The first-order valence-corrected chi connectivity index (χ1v) is 16.4. The number of imide groups is 1. The van der Waals surface area contributed by atoms with Crippen LogP contribution in [0.2, 0.25) is 0 Å². The molecule has 0 saturated carbocycles. The van der Waals surface area contributed by atoms with E-state index in [-0.39, 0.29) is 51.4 Å². The number of likely N-dealkylation sites (tertiary alicyclic amines) is 1. The quantitative estimate of drug-likeness (QED) is 0.0612. The number of aliphatic hydroxyl groups is 2. The Morgan fingerprint density at radius 1 is 1.10 bits per heavy atom. The molecule has 6 atom stereocenters. The summed E-state index contributed by atoms with van der Waals surface area (Å²) < 4.78 is 30.6. The fraction of sp³-hybridized carbons (Fsp3) is 0.548. The molecule has 1 aromatic rings. The summed E-state index contributed by atoms with van der Waals surface area (Å²) in [4.78, 5) is 74.7. The maximum atomic E-state index is 13.2. The van der Waals surface area contributed by atoms with Gasteiger partial charge in [0.05, 0.1) is 31.9 Å². The number of aryl methyl sites for hydroxylation is 1. The maximum absolute atomic E-state index is 13.2. The number of rotatable bonds is 19. The van der Waals surface area contributed by atoms with Crippen LogP contribution in [0.1, 0.15) is 36.8 Å². The lowest BCUT2D eigenvalue weighted by Crippen LogP contribution is -2.51. The maximum Gasteiger partial charge on any atom is 0.293 e. The first kappa shape index (κ1) is 37.0. The molecule has 0 radical (unpaired) electrons. The minimum absolute atomic E-state index is 0.0651. The Hall–Kier alpha value is -3.87. The fourth-order valence-electron chi connectivity index (χ4n) is 5.65. The van der Waals surface area contributed by atoms with Crippen molar-refractivity contribution in [2.45, 2.75) is 75.4 Å². The van der Waals surface area contributed by atoms with Crippen molar-refractivity contribution >= 4 is 48.4 Å². The molecule has 3 aliphatic rings. The molecule has 2 fully saturated rings. The van der Waals surface area contributed by atoms with Gasteiger partial charge < -0.3 is 48.7 Å². The monoisotopic (exact) mass is 693 g/mol. The van der Waals surface area contributed by atoms with Gasteiger partial charge in [-0.3, -0.25) is 28.9 Å². The van der Waals surface area contributed by atoms with Gasteiger partial charge in [-0.25, -0.2) is 0 Å². The Balaban J connectivity index is 1.29. The van der Waals surface area contributed by atoms with Crippen LogP contribution in [-0.2, 0) is 56.0 Å². The zero-order valence-corrected chi connectivity index (χ0v) is 26.8. The second kappa shape index (κ2) is 18.0. The molecule has 0 aliphatic carbocycles. The number of nitrogens with zero attached hydrogens (tertiary/aromatic N) is 2. The van der Waals surface area contributed by atoms with Crippen LogP contribution < -0.4 is 10.1 Å². The SMILES string of the molecule is O=COCc1ccc(CCCCNC(=O)CN2C(=O)[C@@H](N3C(=O)C=CC3=O)C[C@H]2COCCSO)cc1OC1OC(C=O)CC(O)[C@H]1O. The summed E-state index contributed by atoms with van der Waals surface area (Å²) in [5.74, 6) is -1.57. The first-order chi connectivity index (χ1) is 23.2. The van der Waals surface area contributed by atoms with Gasteiger partial charge in [0.25, 0.3) is 18.3 Å². The van der Waals surface area contributed by atoms with Crippen molar-refractivity contribution in [1.82, 2.24) is 15.1 Å². The van der Waals surface area contributed by atoms with Gasteiger partial charge in [0.1, 0.15) is 36.9 Å². The normalized spacial score (nSPS) is 25.4. The molecule has 17 heteroatoms. The summed E-state index contributed by atoms with van der Waals surface area (Å²) >= 11 is 0.610. The second-order valence-electron chi connectivity index (χ2n) is 11.4. The molecule has 0 aromatic heterocycles. The molecule has 48 heavy (non-hydrogen) atoms. The summed E-state index contributed by atoms with van der Waals surface area (Å²) in [5, 5.41) is 23.2. The van der Waals surface area contributed by atoms with Gasteiger partial charge in [0.2, 0.25) is 18.1 Å². The van der Waals surface area contributed by atoms with Crippen molar-refractivity contribution in [1.29, 1.82) is 0 Å². The van der Waals surface area contributed by atoms with E-state index in [0.29, 0.717) is 55.5 Å². The molecular weight excluding hydrogens is 654 g/mol. The Morgan fingerprint density at radius 3 is 2.58 bits per heavy atom. The van der Waals surface area contributed by atoms with Gasteiger partial charge in [-0.1, -0.05) is 12.1 Å². The van der Waals surface area contributed by atoms with Gasteiger partial charge in [-0.05, 0) is 42.9 Å². The van der Waals surface area contributed by atoms with E-state index in [1.165, 1.54) is 4.90 Å². The number of amides is 4. The number of hydrogen-bond donors (Lipinski definition) is 4. The van der Waals surface area contributed by atoms with E-state index in [9.17, 15) is 39.0 Å². The third-order valence-corrected chi connectivity index (χ3v) is 8.46. The fourth-order valence-corrected chi connectivity index (χ4v) is 5.84. The van der Waals surface area contributed by atoms with Crippen molar-refractivity contribution < 1.29 is 62.5 Å². The minimum atomic E-state index is -1.41. The Kier molecular flexibility index (Phi) is 13.9. The van der Waals surface area contributed by atoms with Crippen molar-refractivity contribution in [3.05, 3.63) is 41.5 Å². The van der Waals surface area contributed by atoms with Crippen molar-refractivity contribution in [2.75, 3.05) is 32.1 Å². The molecule has 4 amide bonds. The number of benzene rings is 1. The molecule has 3 aliphatic heterocycles. The summed E-state index contributed by atoms with van der Waals surface area (Å²) in [6, 6.07) is 3.57. The predicted octanol–water partition coefficient (Wildman–Crippen LogP) is -0.670. The summed E-state index contributed by atoms with van der Waals surface area (Å²) in [5.41, 5.74) is 1.29. The zero-order valence-electron chi connectivity index (χ0n) is 26.0. The number of ether oxygens (including phenoxy) is 4. The van der Waals surface area contributed by atoms with Gasteiger partial charge >= 0.3 is 0 Å². The smallest absolute Gasteiger partial charge is 0.293 e. The van der Waals surface area contributed by atoms with E-state index in [1.807, 2.05) is 0 Å². The molecule has 1 aromatic carbocycles. The molecule has 4 rings (SSSR count). The van der Waals surface area contributed by atoms with E-state index in [4.69, 9.17) is 23.5 Å². The molecule has 262 valence electrons. The number of unbranched alkanes of at least 4 members (excludes halogenated alkanes) is 1. The van der Waals surface area contributed by atoms with Gasteiger partial charge in [-0.15, -0.1) is 0 Å². The molecule has 2 saturated heterocycles. The topological polar surface area (TPSA) is 219 Å². The summed E-state index contributed by atoms with van der Waals surface area (Å²) in [7, 11) is 0. The van der Waals surface area contributed by atoms with Crippen LogP contribution in [0.3, 0.4) is 0 Å². The molecule has 0 bridgehead atoms. The van der Waals surface area contributed by atoms with Crippen LogP contribution in [0, 0.1) is 0 Å². The van der Waals surface area contributed by atoms with E-state index < -0.39 is 60.3 Å². The Morgan fingerprint density at radius 2 is 1.88 bits per heavy atom. The third kappa shape index (κ3) is 9.61. The van der Waals surface area contributed by atoms with Crippen LogP contribution in [0.25, 0.3) is 0 Å². The van der Waals surface area contributed by atoms with Crippen LogP contribution in [-0.4, -0.2) is 130 Å². The van der Waals surface area contributed by atoms with E-state index >= 15 is 0 Å². The molecule has 4 N–H and O–H groups in total. The number of carbonyl (C=O) groups is 6. The molecule has 16 nitrogen and oxygen atoms in total. The van der Waals surface area contributed by atoms with Crippen LogP contribution in [0.4, 0.5) is 0 Å². The number of aldehydes is 1. The van der Waals surface area contributed by atoms with Crippen molar-refractivity contribution in [3.8, 4) is 5.75 Å². The summed E-state index contributed by atoms with van der Waals surface area (Å²) in [6.45, 7) is 0.444. The highest BCUT2D eigenvalue weighted by Gasteiger charge is 2.47. The average molecular weight is 694 g/mol. The van der Waals surface area contributed by atoms with E-state index in [1.54, 1.807) is 18.2 Å². The lowest BCUT2D eigenvalue weighted by atomic mass is 10.0. The Bertz CT molecular complexity index is 1340. The number of hydrogen-bond acceptors (Lipinski definition) is 14. The third-order valence-electron chi connectivity index (χ3n) is 8.11. The molecule has 3 unspecified atom stereocenters. The van der Waals surface area contributed by atoms with Crippen LogP contribution in [0.5, 0.6) is 5.75 Å². The summed E-state index contributed by atoms with van der Waals surface area (Å²) in [6.07, 6.45) is -0.420. The lowest BCUT2D eigenvalue weighted by Gasteiger charge is -2.35. The van der Waals surface area contributed by atoms with E-state index in [0.717, 1.165) is 22.6 Å². The minimum Gasteiger partial charge on any atom is -0.463 e. The second-order valence-corrected chi connectivity index (χ2v) is 12.1. The molecule has 3 heterocycles. The van der Waals surface area contributed by atoms with Crippen molar-refractivity contribution in [3.63, 3.8) is 0 Å². The van der Waals surface area contributed by atoms with Crippen molar-refractivity contribution in [2.24, 2.45) is 0 Å². The van der Waals surface area contributed by atoms with Gasteiger partial charge in [0, 0.05) is 42.9 Å². The highest BCUT2D eigenvalue weighted by Crippen LogP contribution is 2.29. The number of aliphatic hydroxyl groups excluding tert-OH is 2. The number of nitrogens with one attached hydrogen (secondary N) is 1. The highest BCUT2D eigenvalue weighted by molar-refractivity contribution is 7.93. The predicted molar refractivity (Wildman–Crippen MR) is 166 cm³/mol.